The number of rotatable bonds is 0. The molecule has 0 saturated carbocycles. The molecule has 0 radical (unpaired) electrons. The largest absolute Gasteiger partial charge is 0.444 e. The second kappa shape index (κ2) is 3.93. The molecule has 0 bridgehead atoms. The standard InChI is InChI=1S/C10H16N2O3.H3N/c1-10(2,3)15-9(14)12-5-4-6-7(12)8(13)11-6;/h6-7H,4-5H2,1-3H3,(H,11,13);1H3/t6-,7+;/m0./s1. The number of hydrogen-bond donors (Lipinski definition) is 2. The predicted octanol–water partition coefficient (Wildman–Crippen LogP) is 0.656. The average molecular weight is 229 g/mol. The van der Waals surface area contributed by atoms with Crippen LogP contribution in [0.1, 0.15) is 27.2 Å². The number of likely N-dealkylation sites (tertiary alicyclic amines) is 1. The maximum Gasteiger partial charge on any atom is 0.411 e. The molecule has 4 N–H and O–H groups in total. The summed E-state index contributed by atoms with van der Waals surface area (Å²) in [5.74, 6) is -0.0663. The summed E-state index contributed by atoms with van der Waals surface area (Å²) < 4.78 is 5.23. The van der Waals surface area contributed by atoms with Crippen LogP contribution in [0.5, 0.6) is 0 Å². The van der Waals surface area contributed by atoms with Gasteiger partial charge in [0.25, 0.3) is 0 Å². The second-order valence-corrected chi connectivity index (χ2v) is 5.02. The highest BCUT2D eigenvalue weighted by Gasteiger charge is 2.50. The van der Waals surface area contributed by atoms with E-state index in [2.05, 4.69) is 5.32 Å². The van der Waals surface area contributed by atoms with Crippen molar-refractivity contribution in [2.24, 2.45) is 0 Å². The lowest BCUT2D eigenvalue weighted by Gasteiger charge is -2.36. The first-order valence-corrected chi connectivity index (χ1v) is 5.18. The molecule has 2 fully saturated rings. The van der Waals surface area contributed by atoms with E-state index in [0.29, 0.717) is 6.54 Å². The van der Waals surface area contributed by atoms with Crippen molar-refractivity contribution in [3.8, 4) is 0 Å². The van der Waals surface area contributed by atoms with Crippen LogP contribution in [0, 0.1) is 0 Å². The van der Waals surface area contributed by atoms with E-state index in [0.717, 1.165) is 6.42 Å². The molecule has 0 aromatic heterocycles. The zero-order valence-corrected chi connectivity index (χ0v) is 9.95. The molecule has 2 saturated heterocycles. The Morgan fingerprint density at radius 2 is 2.12 bits per heavy atom. The molecule has 2 rings (SSSR count). The summed E-state index contributed by atoms with van der Waals surface area (Å²) in [5, 5.41) is 2.76. The van der Waals surface area contributed by atoms with Gasteiger partial charge in [-0.1, -0.05) is 0 Å². The number of nitrogens with zero attached hydrogens (tertiary/aromatic N) is 1. The van der Waals surface area contributed by atoms with E-state index >= 15 is 0 Å². The Kier molecular flexibility index (Phi) is 3.14. The van der Waals surface area contributed by atoms with Crippen LogP contribution in [0.25, 0.3) is 0 Å². The van der Waals surface area contributed by atoms with Crippen molar-refractivity contribution in [1.82, 2.24) is 16.4 Å². The van der Waals surface area contributed by atoms with Crippen molar-refractivity contribution >= 4 is 12.0 Å². The number of ether oxygens (including phenoxy) is 1. The number of β-lactam (4-membered cyclic amide) rings is 1. The van der Waals surface area contributed by atoms with E-state index < -0.39 is 5.60 Å². The highest BCUT2D eigenvalue weighted by molar-refractivity contribution is 5.93. The zero-order valence-electron chi connectivity index (χ0n) is 9.95. The highest BCUT2D eigenvalue weighted by Crippen LogP contribution is 2.26. The Morgan fingerprint density at radius 1 is 1.50 bits per heavy atom. The van der Waals surface area contributed by atoms with Crippen molar-refractivity contribution in [3.63, 3.8) is 0 Å². The summed E-state index contributed by atoms with van der Waals surface area (Å²) in [6.45, 7) is 6.06. The third-order valence-electron chi connectivity index (χ3n) is 2.62. The minimum absolute atomic E-state index is 0. The van der Waals surface area contributed by atoms with Gasteiger partial charge in [0.1, 0.15) is 11.6 Å². The maximum atomic E-state index is 11.7. The Morgan fingerprint density at radius 3 is 2.62 bits per heavy atom. The Labute approximate surface area is 94.9 Å². The van der Waals surface area contributed by atoms with Crippen LogP contribution in [0.2, 0.25) is 0 Å². The number of carbonyl (C=O) groups excluding carboxylic acids is 2. The quantitative estimate of drug-likeness (QED) is 0.596. The van der Waals surface area contributed by atoms with Crippen LogP contribution < -0.4 is 11.5 Å². The molecule has 2 amide bonds. The molecule has 6 heteroatoms. The molecule has 2 aliphatic rings. The van der Waals surface area contributed by atoms with E-state index in [1.807, 2.05) is 20.8 Å². The first-order chi connectivity index (χ1) is 6.88. The van der Waals surface area contributed by atoms with Gasteiger partial charge in [0, 0.05) is 6.54 Å². The van der Waals surface area contributed by atoms with Gasteiger partial charge in [0.15, 0.2) is 0 Å². The first kappa shape index (κ1) is 12.8. The molecule has 16 heavy (non-hydrogen) atoms. The van der Waals surface area contributed by atoms with E-state index in [1.165, 1.54) is 4.90 Å². The van der Waals surface area contributed by atoms with Crippen molar-refractivity contribution < 1.29 is 14.3 Å². The molecule has 0 aliphatic carbocycles. The fraction of sp³-hybridized carbons (Fsp3) is 0.800. The number of amides is 2. The highest BCUT2D eigenvalue weighted by atomic mass is 16.6. The molecular weight excluding hydrogens is 210 g/mol. The van der Waals surface area contributed by atoms with Gasteiger partial charge in [-0.3, -0.25) is 9.69 Å². The molecule has 2 heterocycles. The van der Waals surface area contributed by atoms with E-state index in [-0.39, 0.29) is 30.2 Å². The maximum absolute atomic E-state index is 11.7. The van der Waals surface area contributed by atoms with E-state index in [9.17, 15) is 9.59 Å². The third kappa shape index (κ3) is 2.11. The van der Waals surface area contributed by atoms with Gasteiger partial charge < -0.3 is 16.2 Å². The number of nitrogens with one attached hydrogen (secondary N) is 1. The lowest BCUT2D eigenvalue weighted by atomic mass is 10.0. The second-order valence-electron chi connectivity index (χ2n) is 5.02. The summed E-state index contributed by atoms with van der Waals surface area (Å²) in [7, 11) is 0. The molecule has 2 atom stereocenters. The van der Waals surface area contributed by atoms with Gasteiger partial charge in [0.05, 0.1) is 6.04 Å². The summed E-state index contributed by atoms with van der Waals surface area (Å²) >= 11 is 0. The Hall–Kier alpha value is -1.30. The van der Waals surface area contributed by atoms with Crippen LogP contribution in [0.4, 0.5) is 4.79 Å². The number of hydrogen-bond acceptors (Lipinski definition) is 4. The predicted molar refractivity (Wildman–Crippen MR) is 58.3 cm³/mol. The molecule has 0 aromatic carbocycles. The summed E-state index contributed by atoms with van der Waals surface area (Å²) in [4.78, 5) is 24.5. The lowest BCUT2D eigenvalue weighted by molar-refractivity contribution is -0.133. The molecule has 92 valence electrons. The van der Waals surface area contributed by atoms with Crippen LogP contribution in [-0.4, -0.2) is 41.1 Å². The smallest absolute Gasteiger partial charge is 0.411 e. The van der Waals surface area contributed by atoms with Crippen molar-refractivity contribution in [3.05, 3.63) is 0 Å². The molecule has 6 nitrogen and oxygen atoms in total. The molecule has 2 aliphatic heterocycles. The fourth-order valence-electron chi connectivity index (χ4n) is 1.96. The average Bonchev–Trinajstić information content (AvgIpc) is 2.38. The van der Waals surface area contributed by atoms with Gasteiger partial charge in [-0.2, -0.15) is 0 Å². The van der Waals surface area contributed by atoms with Crippen LogP contribution in [0.3, 0.4) is 0 Å². The first-order valence-electron chi connectivity index (χ1n) is 5.18. The topological polar surface area (TPSA) is 93.6 Å². The van der Waals surface area contributed by atoms with Gasteiger partial charge in [-0.25, -0.2) is 4.79 Å². The van der Waals surface area contributed by atoms with Crippen LogP contribution in [0.15, 0.2) is 0 Å². The van der Waals surface area contributed by atoms with Crippen molar-refractivity contribution in [1.29, 1.82) is 0 Å². The SMILES string of the molecule is CC(C)(C)OC(=O)N1CC[C@@H]2NC(=O)[C@@H]21.N. The number of fused-ring (bicyclic) bond motifs is 1. The molecule has 0 aromatic rings. The van der Waals surface area contributed by atoms with Crippen LogP contribution in [-0.2, 0) is 9.53 Å². The summed E-state index contributed by atoms with van der Waals surface area (Å²) in [6.07, 6.45) is 0.445. The molecule has 0 spiro atoms. The fourth-order valence-corrected chi connectivity index (χ4v) is 1.96. The third-order valence-corrected chi connectivity index (χ3v) is 2.62. The van der Waals surface area contributed by atoms with E-state index in [4.69, 9.17) is 4.74 Å². The number of carbonyl (C=O) groups is 2. The van der Waals surface area contributed by atoms with Gasteiger partial charge in [-0.05, 0) is 27.2 Å². The van der Waals surface area contributed by atoms with Crippen molar-refractivity contribution in [2.45, 2.75) is 44.9 Å². The zero-order chi connectivity index (χ0) is 11.2. The Bertz CT molecular complexity index is 311. The summed E-state index contributed by atoms with van der Waals surface area (Å²) in [6, 6.07) is -0.148. The van der Waals surface area contributed by atoms with Crippen molar-refractivity contribution in [2.75, 3.05) is 6.54 Å². The van der Waals surface area contributed by atoms with Gasteiger partial charge >= 0.3 is 6.09 Å². The Balaban J connectivity index is 0.00000128. The molecular formula is C10H19N3O3. The monoisotopic (exact) mass is 229 g/mol. The van der Waals surface area contributed by atoms with E-state index in [1.54, 1.807) is 0 Å². The van der Waals surface area contributed by atoms with Gasteiger partial charge in [-0.15, -0.1) is 0 Å². The minimum Gasteiger partial charge on any atom is -0.444 e. The molecule has 0 unspecified atom stereocenters. The lowest BCUT2D eigenvalue weighted by Crippen LogP contribution is -2.65. The minimum atomic E-state index is -0.505. The van der Waals surface area contributed by atoms with Gasteiger partial charge in [0.2, 0.25) is 5.91 Å². The van der Waals surface area contributed by atoms with Crippen LogP contribution >= 0.6 is 0 Å². The summed E-state index contributed by atoms with van der Waals surface area (Å²) in [5.41, 5.74) is -0.505. The normalized spacial score (nSPS) is 27.4.